The molecule has 0 spiro atoms. The number of rotatable bonds is 22. The van der Waals surface area contributed by atoms with E-state index in [9.17, 15) is 24.9 Å². The summed E-state index contributed by atoms with van der Waals surface area (Å²) in [7, 11) is 0. The average Bonchev–Trinajstić information content (AvgIpc) is 3.02. The Hall–Kier alpha value is -2.24. The molecule has 0 aliphatic carbocycles. The van der Waals surface area contributed by atoms with E-state index in [0.717, 1.165) is 19.3 Å². The Kier molecular flexibility index (Phi) is 16.8. The van der Waals surface area contributed by atoms with Crippen molar-refractivity contribution in [1.29, 1.82) is 0 Å². The van der Waals surface area contributed by atoms with Crippen LogP contribution in [0.4, 0.5) is 0 Å². The van der Waals surface area contributed by atoms with E-state index < -0.39 is 98.0 Å². The van der Waals surface area contributed by atoms with Crippen molar-refractivity contribution in [3.8, 4) is 0 Å². The van der Waals surface area contributed by atoms with Gasteiger partial charge in [0.25, 0.3) is 0 Å². The first kappa shape index (κ1) is 51.1. The monoisotopic (exact) mass is 834 g/mol. The molecule has 6 N–H and O–H groups in total. The van der Waals surface area contributed by atoms with Gasteiger partial charge in [0.05, 0.1) is 24.4 Å². The van der Waals surface area contributed by atoms with Crippen LogP contribution in [0.3, 0.4) is 0 Å². The van der Waals surface area contributed by atoms with Gasteiger partial charge in [-0.2, -0.15) is 0 Å². The van der Waals surface area contributed by atoms with Gasteiger partial charge in [-0.15, -0.1) is 0 Å². The van der Waals surface area contributed by atoms with Crippen LogP contribution in [-0.2, 0) is 23.9 Å². The van der Waals surface area contributed by atoms with Crippen LogP contribution in [0.5, 0.6) is 0 Å². The van der Waals surface area contributed by atoms with Gasteiger partial charge in [0.2, 0.25) is 0 Å². The molecule has 2 atom stereocenters. The van der Waals surface area contributed by atoms with Gasteiger partial charge in [-0.1, -0.05) is 71.1 Å². The minimum Gasteiger partial charge on any atom is -0.481 e. The Bertz CT molecular complexity index is 1360. The molecule has 3 aliphatic rings. The van der Waals surface area contributed by atoms with Gasteiger partial charge < -0.3 is 36.0 Å². The van der Waals surface area contributed by atoms with Crippen LogP contribution in [-0.4, -0.2) is 79.0 Å². The molecule has 3 saturated heterocycles. The maximum Gasteiger partial charge on any atom is 0.313 e. The maximum atomic E-state index is 16.2. The molecular formula is C48H87N3O8. The number of ether oxygens (including phenoxy) is 1. The van der Waals surface area contributed by atoms with Crippen molar-refractivity contribution in [3.05, 3.63) is 0 Å². The molecule has 11 heteroatoms. The number of esters is 1. The molecule has 2 unspecified atom stereocenters. The quantitative estimate of drug-likeness (QED) is 0.0453. The van der Waals surface area contributed by atoms with E-state index in [-0.39, 0.29) is 19.4 Å². The number of hydrogen-bond acceptors (Lipinski definition) is 8. The second-order valence-corrected chi connectivity index (χ2v) is 23.2. The average molecular weight is 834 g/mol. The standard InChI is InChI=1S/C48H87N3O8/c1-14-15-16-17-18-19-20-21-22-23-24-25-59-40(58)47(33-27-41(2,3)49-42(4,5)28-33,34-29-43(6,7)50-44(8,9)30-34)48(39(56)57,36(38(54)55)26-37(52)53)35-31-45(10,11)51-46(12,13)32-35/h33-36,49-51H,14-32H2,1-13H3,(H,52,53)(H,54,55)(H,56,57). The van der Waals surface area contributed by atoms with Crippen LogP contribution in [0, 0.1) is 34.5 Å². The van der Waals surface area contributed by atoms with Gasteiger partial charge in [-0.05, 0) is 146 Å². The highest BCUT2D eigenvalue weighted by Gasteiger charge is 2.77. The van der Waals surface area contributed by atoms with E-state index in [0.29, 0.717) is 32.1 Å². The third-order valence-electron chi connectivity index (χ3n) is 14.1. The molecule has 59 heavy (non-hydrogen) atoms. The fourth-order valence-electron chi connectivity index (χ4n) is 13.5. The molecule has 3 heterocycles. The lowest BCUT2D eigenvalue weighted by Crippen LogP contribution is -2.75. The number of carbonyl (C=O) groups is 4. The summed E-state index contributed by atoms with van der Waals surface area (Å²) in [6.07, 6.45) is 13.3. The van der Waals surface area contributed by atoms with E-state index in [1.807, 2.05) is 27.7 Å². The van der Waals surface area contributed by atoms with Crippen molar-refractivity contribution >= 4 is 23.9 Å². The summed E-state index contributed by atoms with van der Waals surface area (Å²) < 4.78 is 6.56. The van der Waals surface area contributed by atoms with Gasteiger partial charge >= 0.3 is 23.9 Å². The smallest absolute Gasteiger partial charge is 0.313 e. The van der Waals surface area contributed by atoms with Crippen LogP contribution in [0.1, 0.15) is 206 Å². The zero-order chi connectivity index (χ0) is 44.9. The van der Waals surface area contributed by atoms with E-state index in [1.165, 1.54) is 44.9 Å². The van der Waals surface area contributed by atoms with Crippen molar-refractivity contribution in [3.63, 3.8) is 0 Å². The van der Waals surface area contributed by atoms with E-state index in [1.54, 1.807) is 0 Å². The molecule has 0 aromatic heterocycles. The van der Waals surface area contributed by atoms with Crippen molar-refractivity contribution in [2.75, 3.05) is 6.61 Å². The number of hydrogen-bond donors (Lipinski definition) is 6. The van der Waals surface area contributed by atoms with Gasteiger partial charge in [-0.25, -0.2) is 0 Å². The van der Waals surface area contributed by atoms with Crippen molar-refractivity contribution in [2.45, 2.75) is 239 Å². The molecule has 0 saturated carbocycles. The Labute approximate surface area is 358 Å². The zero-order valence-electron chi connectivity index (χ0n) is 39.6. The first-order chi connectivity index (χ1) is 27.0. The number of unbranched alkanes of at least 4 members (excludes halogenated alkanes) is 10. The summed E-state index contributed by atoms with van der Waals surface area (Å²) in [4.78, 5) is 58.5. The SMILES string of the molecule is CCCCCCCCCCCCCOC(=O)C(C1CC(C)(C)NC(C)(C)C1)(C1CC(C)(C)NC(C)(C)C1)C(C(=O)O)(C1CC(C)(C)NC(C)(C)C1)C(CC(=O)O)C(=O)O. The Morgan fingerprint density at radius 1 is 0.542 bits per heavy atom. The Balaban J connectivity index is 2.37. The summed E-state index contributed by atoms with van der Waals surface area (Å²) in [5, 5.41) is 45.5. The lowest BCUT2D eigenvalue weighted by molar-refractivity contribution is -0.231. The fraction of sp³-hybridized carbons (Fsp3) is 0.917. The predicted octanol–water partition coefficient (Wildman–Crippen LogP) is 9.74. The highest BCUT2D eigenvalue weighted by Crippen LogP contribution is 2.68. The van der Waals surface area contributed by atoms with E-state index in [2.05, 4.69) is 78.3 Å². The lowest BCUT2D eigenvalue weighted by atomic mass is 9.38. The molecule has 11 nitrogen and oxygen atoms in total. The van der Waals surface area contributed by atoms with Crippen LogP contribution in [0.15, 0.2) is 0 Å². The van der Waals surface area contributed by atoms with Crippen LogP contribution in [0.25, 0.3) is 0 Å². The van der Waals surface area contributed by atoms with Crippen LogP contribution >= 0.6 is 0 Å². The lowest BCUT2D eigenvalue weighted by Gasteiger charge is -2.66. The molecule has 3 fully saturated rings. The fourth-order valence-corrected chi connectivity index (χ4v) is 13.5. The van der Waals surface area contributed by atoms with Gasteiger partial charge in [0.15, 0.2) is 0 Å². The second-order valence-electron chi connectivity index (χ2n) is 23.2. The number of aliphatic carboxylic acids is 3. The first-order valence-corrected chi connectivity index (χ1v) is 23.2. The third kappa shape index (κ3) is 12.7. The number of piperidine rings is 3. The van der Waals surface area contributed by atoms with Gasteiger partial charge in [-0.3, -0.25) is 19.2 Å². The number of nitrogens with one attached hydrogen (secondary N) is 3. The minimum absolute atomic E-state index is 0.0860. The Morgan fingerprint density at radius 3 is 1.17 bits per heavy atom. The summed E-state index contributed by atoms with van der Waals surface area (Å²) in [6.45, 7) is 26.7. The molecule has 3 rings (SSSR count). The van der Waals surface area contributed by atoms with Crippen LogP contribution < -0.4 is 16.0 Å². The van der Waals surface area contributed by atoms with Gasteiger partial charge in [0, 0.05) is 33.2 Å². The largest absolute Gasteiger partial charge is 0.481 e. The highest BCUT2D eigenvalue weighted by atomic mass is 16.5. The molecule has 3 aliphatic heterocycles. The van der Waals surface area contributed by atoms with Crippen molar-refractivity contribution in [1.82, 2.24) is 16.0 Å². The minimum atomic E-state index is -2.37. The highest BCUT2D eigenvalue weighted by molar-refractivity contribution is 5.94. The molecule has 0 aromatic rings. The third-order valence-corrected chi connectivity index (χ3v) is 14.1. The summed E-state index contributed by atoms with van der Waals surface area (Å²) in [6, 6.07) is 0. The summed E-state index contributed by atoms with van der Waals surface area (Å²) in [5.41, 5.74) is -7.93. The molecular weight excluding hydrogens is 747 g/mol. The van der Waals surface area contributed by atoms with Crippen molar-refractivity contribution in [2.24, 2.45) is 34.5 Å². The normalized spacial score (nSPS) is 24.4. The molecule has 0 bridgehead atoms. The summed E-state index contributed by atoms with van der Waals surface area (Å²) >= 11 is 0. The molecule has 0 radical (unpaired) electrons. The van der Waals surface area contributed by atoms with E-state index >= 15 is 9.59 Å². The molecule has 342 valence electrons. The number of carboxylic acids is 3. The van der Waals surface area contributed by atoms with Crippen molar-refractivity contribution < 1.29 is 39.2 Å². The number of carboxylic acid groups (broad SMARTS) is 3. The van der Waals surface area contributed by atoms with E-state index in [4.69, 9.17) is 4.74 Å². The Morgan fingerprint density at radius 2 is 0.864 bits per heavy atom. The maximum absolute atomic E-state index is 16.2. The number of carbonyl (C=O) groups excluding carboxylic acids is 1. The predicted molar refractivity (Wildman–Crippen MR) is 235 cm³/mol. The van der Waals surface area contributed by atoms with Gasteiger partial charge in [0.1, 0.15) is 5.41 Å². The molecule has 0 aromatic carbocycles. The summed E-state index contributed by atoms with van der Waals surface area (Å²) in [5.74, 6) is -9.16. The second kappa shape index (κ2) is 19.4. The first-order valence-electron chi connectivity index (χ1n) is 23.2. The topological polar surface area (TPSA) is 174 Å². The zero-order valence-corrected chi connectivity index (χ0v) is 39.6. The molecule has 0 amide bonds. The van der Waals surface area contributed by atoms with Crippen LogP contribution in [0.2, 0.25) is 0 Å².